The Morgan fingerprint density at radius 1 is 0.381 bits per heavy atom. The van der Waals surface area contributed by atoms with Crippen molar-refractivity contribution < 1.29 is 122 Å². The first-order valence-corrected chi connectivity index (χ1v) is 27.5. The van der Waals surface area contributed by atoms with Crippen molar-refractivity contribution in [3.63, 3.8) is 0 Å². The fourth-order valence-electron chi connectivity index (χ4n) is 1.46. The van der Waals surface area contributed by atoms with Crippen LogP contribution in [0.25, 0.3) is 0 Å². The summed E-state index contributed by atoms with van der Waals surface area (Å²) in [6.07, 6.45) is 0. The van der Waals surface area contributed by atoms with Crippen LogP contribution in [-0.2, 0) is 116 Å². The molecule has 0 aromatic rings. The molecule has 13 N–H and O–H groups in total. The van der Waals surface area contributed by atoms with Gasteiger partial charge in [0.15, 0.2) is 0 Å². The summed E-state index contributed by atoms with van der Waals surface area (Å²) in [4.78, 5) is 0. The molecule has 63 heavy (non-hydrogen) atoms. The molecule has 32 nitrogen and oxygen atoms in total. The number of aliphatic hydroxyl groups excluding tert-OH is 4. The SMILES string of the molecule is C1CO1.COS(=O)(=O)CCN.COS(=O)(=O)CCN.COS(=O)(=O)CCN.COS(=O)(=O)CCO.COS(=O)(=O)CCO.COS(=O)(=O)CCO.COS(=O)(=O)CCO.N.O=S=O. The highest BCUT2D eigenvalue weighted by Gasteiger charge is 2.08. The lowest BCUT2D eigenvalue weighted by molar-refractivity contribution is 0.309. The summed E-state index contributed by atoms with van der Waals surface area (Å²) < 4.78 is 193. The topological polar surface area (TPSA) is 544 Å². The van der Waals surface area contributed by atoms with E-state index in [0.717, 1.165) is 63.0 Å². The summed E-state index contributed by atoms with van der Waals surface area (Å²) in [6.45, 7) is 0.751. The van der Waals surface area contributed by atoms with Crippen LogP contribution in [0.5, 0.6) is 0 Å². The summed E-state index contributed by atoms with van der Waals surface area (Å²) in [6, 6.07) is 0. The molecule has 0 amide bonds. The summed E-state index contributed by atoms with van der Waals surface area (Å²) in [5.74, 6) is -1.64. The van der Waals surface area contributed by atoms with Gasteiger partial charge < -0.3 is 48.5 Å². The quantitative estimate of drug-likeness (QED) is 0.0391. The summed E-state index contributed by atoms with van der Waals surface area (Å²) in [5.41, 5.74) is 14.8. The Balaban J connectivity index is -0.0000000752. The number of nitrogens with two attached hydrogens (primary N) is 3. The lowest BCUT2D eigenvalue weighted by Crippen LogP contribution is -2.16. The molecule has 0 spiro atoms. The van der Waals surface area contributed by atoms with E-state index in [2.05, 4.69) is 34.0 Å². The van der Waals surface area contributed by atoms with E-state index in [-0.39, 0.29) is 66.1 Å². The van der Waals surface area contributed by atoms with E-state index in [4.69, 9.17) is 46.0 Å². The van der Waals surface area contributed by atoms with E-state index in [1.807, 2.05) is 0 Å². The second-order valence-electron chi connectivity index (χ2n) is 8.94. The molecule has 1 heterocycles. The Morgan fingerprint density at radius 2 is 0.492 bits per heavy atom. The van der Waals surface area contributed by atoms with Gasteiger partial charge in [0.05, 0.1) is 130 Å². The Labute approximate surface area is 375 Å². The van der Waals surface area contributed by atoms with Gasteiger partial charge in [-0.1, -0.05) is 0 Å². The predicted molar refractivity (Wildman–Crippen MR) is 226 cm³/mol. The first-order chi connectivity index (χ1) is 28.3. The van der Waals surface area contributed by atoms with Gasteiger partial charge in [-0.05, 0) is 0 Å². The van der Waals surface area contributed by atoms with Gasteiger partial charge in [-0.2, -0.15) is 67.3 Å². The summed E-state index contributed by atoms with van der Waals surface area (Å²) in [7, 11) is -16.0. The van der Waals surface area contributed by atoms with Gasteiger partial charge in [-0.25, -0.2) is 0 Å². The number of rotatable bonds is 21. The Bertz CT molecular complexity index is 1470. The van der Waals surface area contributed by atoms with E-state index in [1.165, 1.54) is 0 Å². The Morgan fingerprint density at radius 3 is 0.524 bits per heavy atom. The van der Waals surface area contributed by atoms with Crippen LogP contribution in [0.4, 0.5) is 0 Å². The van der Waals surface area contributed by atoms with Gasteiger partial charge in [0.1, 0.15) is 0 Å². The average molecular weight is 1100 g/mol. The highest BCUT2D eigenvalue weighted by molar-refractivity contribution is 7.88. The molecule has 1 aliphatic rings. The molecule has 0 unspecified atom stereocenters. The van der Waals surface area contributed by atoms with Gasteiger partial charge in [0, 0.05) is 19.6 Å². The van der Waals surface area contributed by atoms with Gasteiger partial charge >= 0.3 is 11.6 Å². The van der Waals surface area contributed by atoms with Crippen LogP contribution >= 0.6 is 0 Å². The van der Waals surface area contributed by atoms with Gasteiger partial charge in [-0.15, -0.1) is 0 Å². The fourth-order valence-corrected chi connectivity index (χ4v) is 4.39. The van der Waals surface area contributed by atoms with Gasteiger partial charge in [-0.3, -0.25) is 29.3 Å². The lowest BCUT2D eigenvalue weighted by atomic mass is 10.8. The number of hydrogen-bond donors (Lipinski definition) is 8. The zero-order valence-electron chi connectivity index (χ0n) is 35.6. The molecular weight excluding hydrogens is 1040 g/mol. The smallest absolute Gasteiger partial charge is 0.335 e. The molecule has 0 aliphatic carbocycles. The zero-order valence-corrected chi connectivity index (χ0v) is 42.1. The zero-order chi connectivity index (χ0) is 51.2. The number of epoxide rings is 1. The van der Waals surface area contributed by atoms with Crippen molar-refractivity contribution in [1.29, 1.82) is 0 Å². The number of ether oxygens (including phenoxy) is 1. The van der Waals surface area contributed by atoms with Crippen LogP contribution in [-0.4, -0.2) is 237 Å². The third kappa shape index (κ3) is 88.3. The fraction of sp³-hybridized carbons (Fsp3) is 1.00. The average Bonchev–Trinajstić information content (AvgIpc) is 4.07. The Hall–Kier alpha value is -1.17. The summed E-state index contributed by atoms with van der Waals surface area (Å²) >= 11 is -0.750. The van der Waals surface area contributed by atoms with Crippen molar-refractivity contribution in [2.45, 2.75) is 0 Å². The number of hydrogen-bond acceptors (Lipinski definition) is 32. The minimum Gasteiger partial charge on any atom is -0.395 e. The van der Waals surface area contributed by atoms with Crippen molar-refractivity contribution in [1.82, 2.24) is 6.15 Å². The van der Waals surface area contributed by atoms with E-state index < -0.39 is 109 Å². The van der Waals surface area contributed by atoms with Crippen molar-refractivity contribution in [3.8, 4) is 0 Å². The van der Waals surface area contributed by atoms with Crippen molar-refractivity contribution in [2.75, 3.05) is 149 Å². The van der Waals surface area contributed by atoms with Crippen LogP contribution in [0, 0.1) is 0 Å². The monoisotopic (exact) mass is 1100 g/mol. The van der Waals surface area contributed by atoms with Gasteiger partial charge in [0.25, 0.3) is 70.8 Å². The molecule has 1 fully saturated rings. The maximum Gasteiger partial charge on any atom is 0.335 e. The van der Waals surface area contributed by atoms with Crippen LogP contribution < -0.4 is 23.4 Å². The van der Waals surface area contributed by atoms with Crippen LogP contribution in [0.1, 0.15) is 0 Å². The first-order valence-electron chi connectivity index (χ1n) is 15.8. The van der Waals surface area contributed by atoms with Gasteiger partial charge in [0.2, 0.25) is 0 Å². The van der Waals surface area contributed by atoms with Crippen molar-refractivity contribution in [3.05, 3.63) is 0 Å². The molecule has 0 atom stereocenters. The lowest BCUT2D eigenvalue weighted by Gasteiger charge is -1.94. The highest BCUT2D eigenvalue weighted by Crippen LogP contribution is 1.89. The molecule has 0 aromatic carbocycles. The molecule has 0 aromatic heterocycles. The van der Waals surface area contributed by atoms with E-state index in [0.29, 0.717) is 0 Å². The Kier molecular flexibility index (Phi) is 65.4. The molecule has 1 rings (SSSR count). The van der Waals surface area contributed by atoms with E-state index in [1.54, 1.807) is 0 Å². The molecule has 0 saturated carbocycles. The van der Waals surface area contributed by atoms with E-state index in [9.17, 15) is 58.9 Å². The summed E-state index contributed by atoms with van der Waals surface area (Å²) in [5, 5.41) is 32.3. The van der Waals surface area contributed by atoms with Crippen LogP contribution in [0.15, 0.2) is 0 Å². The largest absolute Gasteiger partial charge is 0.395 e. The van der Waals surface area contributed by atoms with Crippen LogP contribution in [0.3, 0.4) is 0 Å². The first kappa shape index (κ1) is 82.0. The molecule has 40 heteroatoms. The second kappa shape index (κ2) is 50.2. The standard InChI is InChI=1S/3C3H9NO3S.4C3H8O4S.C2H4O.H3N.O2S/c7*1-7-8(5,6)3-2-4;1-2-3-1;;1-3-2/h3*2-4H2,1H3;4*4H,2-3H2,1H3;1-2H2;1H3;. The molecular formula is C23H66N4O28S8. The van der Waals surface area contributed by atoms with Crippen molar-refractivity contribution in [2.24, 2.45) is 17.2 Å². The highest BCUT2D eigenvalue weighted by atomic mass is 32.2. The molecule has 1 aliphatic heterocycles. The maximum atomic E-state index is 10.3. The minimum atomic E-state index is -3.42. The molecule has 394 valence electrons. The predicted octanol–water partition coefficient (Wildman–Crippen LogP) is -7.91. The normalized spacial score (nSPS) is 11.8. The third-order valence-electron chi connectivity index (χ3n) is 4.45. The van der Waals surface area contributed by atoms with Crippen LogP contribution in [0.2, 0.25) is 0 Å². The molecule has 0 radical (unpaired) electrons. The van der Waals surface area contributed by atoms with Crippen molar-refractivity contribution >= 4 is 82.4 Å². The molecule has 0 bridgehead atoms. The third-order valence-corrected chi connectivity index (χ3v) is 12.9. The maximum absolute atomic E-state index is 10.3. The second-order valence-corrected chi connectivity index (χ2v) is 22.1. The minimum absolute atomic E-state index is 0. The van der Waals surface area contributed by atoms with E-state index >= 15 is 0 Å². The molecule has 1 saturated heterocycles. The number of aliphatic hydroxyl groups is 4.